The van der Waals surface area contributed by atoms with E-state index in [4.69, 9.17) is 0 Å². The van der Waals surface area contributed by atoms with E-state index in [9.17, 15) is 0 Å². The third kappa shape index (κ3) is 3.48. The van der Waals surface area contributed by atoms with Gasteiger partial charge in [0.25, 0.3) is 0 Å². The second kappa shape index (κ2) is 7.43. The van der Waals surface area contributed by atoms with Crippen LogP contribution in [0, 0.1) is 13.8 Å². The molecule has 3 heteroatoms. The predicted molar refractivity (Wildman–Crippen MR) is 116 cm³/mol. The van der Waals surface area contributed by atoms with Crippen LogP contribution in [0.25, 0.3) is 28.2 Å². The summed E-state index contributed by atoms with van der Waals surface area (Å²) in [4.78, 5) is 0. The molecule has 0 unspecified atom stereocenters. The van der Waals surface area contributed by atoms with E-state index in [2.05, 4.69) is 97.1 Å². The van der Waals surface area contributed by atoms with Gasteiger partial charge in [0.2, 0.25) is 0 Å². The lowest BCUT2D eigenvalue weighted by molar-refractivity contribution is 0.746. The Morgan fingerprint density at radius 2 is 1.32 bits per heavy atom. The number of rotatable bonds is 4. The van der Waals surface area contributed by atoms with Crippen LogP contribution in [0.15, 0.2) is 72.8 Å². The molecular weight excluding hydrogens is 342 g/mol. The van der Waals surface area contributed by atoms with Crippen LogP contribution in [0.5, 0.6) is 0 Å². The van der Waals surface area contributed by atoms with Crippen LogP contribution in [-0.2, 0) is 0 Å². The van der Waals surface area contributed by atoms with E-state index >= 15 is 0 Å². The number of benzene rings is 3. The van der Waals surface area contributed by atoms with Gasteiger partial charge in [-0.25, -0.2) is 0 Å². The van der Waals surface area contributed by atoms with E-state index in [1.807, 2.05) is 18.2 Å². The summed E-state index contributed by atoms with van der Waals surface area (Å²) in [5, 5.41) is 8.99. The molecule has 0 N–H and O–H groups in total. The number of nitrogens with zero attached hydrogens (tertiary/aromatic N) is 3. The Balaban J connectivity index is 1.80. The van der Waals surface area contributed by atoms with E-state index in [-0.39, 0.29) is 5.92 Å². The summed E-state index contributed by atoms with van der Waals surface area (Å²) >= 11 is 0. The number of hydrogen-bond acceptors (Lipinski definition) is 2. The SMILES string of the molecule is Cc1cc(C)cc(-c2ccc(-n3c(-c4ccccc4)nnc3C(C)C)cc2)c1. The minimum absolute atomic E-state index is 0.282. The smallest absolute Gasteiger partial charge is 0.168 e. The van der Waals surface area contributed by atoms with Crippen molar-refractivity contribution in [2.24, 2.45) is 0 Å². The van der Waals surface area contributed by atoms with Crippen LogP contribution in [0.3, 0.4) is 0 Å². The summed E-state index contributed by atoms with van der Waals surface area (Å²) in [5.74, 6) is 2.13. The molecule has 0 fully saturated rings. The molecule has 4 rings (SSSR count). The highest BCUT2D eigenvalue weighted by Gasteiger charge is 2.17. The van der Waals surface area contributed by atoms with Crippen molar-refractivity contribution in [3.63, 3.8) is 0 Å². The van der Waals surface area contributed by atoms with Gasteiger partial charge in [0.1, 0.15) is 5.82 Å². The van der Waals surface area contributed by atoms with Gasteiger partial charge >= 0.3 is 0 Å². The lowest BCUT2D eigenvalue weighted by Gasteiger charge is -2.13. The van der Waals surface area contributed by atoms with Gasteiger partial charge in [-0.1, -0.05) is 85.6 Å². The third-order valence-electron chi connectivity index (χ3n) is 4.92. The maximum Gasteiger partial charge on any atom is 0.168 e. The molecule has 0 aliphatic carbocycles. The summed E-state index contributed by atoms with van der Waals surface area (Å²) in [5.41, 5.74) is 7.19. The fourth-order valence-electron chi connectivity index (χ4n) is 3.64. The molecule has 1 heterocycles. The molecule has 0 aliphatic rings. The molecule has 3 aromatic carbocycles. The number of hydrogen-bond donors (Lipinski definition) is 0. The van der Waals surface area contributed by atoms with Crippen molar-refractivity contribution in [2.75, 3.05) is 0 Å². The second-order valence-electron chi connectivity index (χ2n) is 7.66. The molecule has 0 saturated heterocycles. The summed E-state index contributed by atoms with van der Waals surface area (Å²) in [6.45, 7) is 8.59. The monoisotopic (exact) mass is 367 g/mol. The van der Waals surface area contributed by atoms with Crippen LogP contribution < -0.4 is 0 Å². The first-order chi connectivity index (χ1) is 13.5. The van der Waals surface area contributed by atoms with Crippen LogP contribution >= 0.6 is 0 Å². The molecule has 0 radical (unpaired) electrons. The Bertz CT molecular complexity index is 1070. The molecule has 0 atom stereocenters. The van der Waals surface area contributed by atoms with Crippen molar-refractivity contribution in [3.8, 4) is 28.2 Å². The Morgan fingerprint density at radius 1 is 0.679 bits per heavy atom. The van der Waals surface area contributed by atoms with Crippen molar-refractivity contribution in [3.05, 3.63) is 89.7 Å². The van der Waals surface area contributed by atoms with Gasteiger partial charge in [-0.05, 0) is 37.1 Å². The highest BCUT2D eigenvalue weighted by molar-refractivity contribution is 5.67. The van der Waals surface area contributed by atoms with Crippen LogP contribution in [0.1, 0.15) is 36.7 Å². The highest BCUT2D eigenvalue weighted by atomic mass is 15.3. The summed E-state index contributed by atoms with van der Waals surface area (Å²) in [7, 11) is 0. The molecule has 0 amide bonds. The van der Waals surface area contributed by atoms with Gasteiger partial charge in [0.05, 0.1) is 0 Å². The lowest BCUT2D eigenvalue weighted by Crippen LogP contribution is -2.04. The fraction of sp³-hybridized carbons (Fsp3) is 0.200. The number of aryl methyl sites for hydroxylation is 2. The summed E-state index contributed by atoms with van der Waals surface area (Å²) in [6, 6.07) is 25.6. The van der Waals surface area contributed by atoms with Gasteiger partial charge < -0.3 is 0 Å². The fourth-order valence-corrected chi connectivity index (χ4v) is 3.64. The van der Waals surface area contributed by atoms with Gasteiger partial charge in [-0.3, -0.25) is 4.57 Å². The normalized spacial score (nSPS) is 11.2. The van der Waals surface area contributed by atoms with Crippen molar-refractivity contribution in [1.29, 1.82) is 0 Å². The molecule has 3 nitrogen and oxygen atoms in total. The second-order valence-corrected chi connectivity index (χ2v) is 7.66. The van der Waals surface area contributed by atoms with Gasteiger partial charge in [0, 0.05) is 17.2 Å². The van der Waals surface area contributed by atoms with Crippen molar-refractivity contribution >= 4 is 0 Å². The van der Waals surface area contributed by atoms with Crippen molar-refractivity contribution in [1.82, 2.24) is 14.8 Å². The molecule has 0 bridgehead atoms. The standard InChI is InChI=1S/C25H25N3/c1-17(2)24-26-27-25(21-8-6-5-7-9-21)28(24)23-12-10-20(11-13-23)22-15-18(3)14-19(4)16-22/h5-17H,1-4H3. The molecule has 0 spiro atoms. The molecular formula is C25H25N3. The zero-order valence-corrected chi connectivity index (χ0v) is 16.8. The first-order valence-corrected chi connectivity index (χ1v) is 9.73. The maximum absolute atomic E-state index is 4.50. The summed E-state index contributed by atoms with van der Waals surface area (Å²) < 4.78 is 2.17. The minimum Gasteiger partial charge on any atom is -0.279 e. The maximum atomic E-state index is 4.50. The molecule has 4 aromatic rings. The average Bonchev–Trinajstić information content (AvgIpc) is 3.13. The van der Waals surface area contributed by atoms with Gasteiger partial charge in [-0.15, -0.1) is 10.2 Å². The van der Waals surface area contributed by atoms with E-state index in [0.29, 0.717) is 0 Å². The van der Waals surface area contributed by atoms with E-state index in [1.54, 1.807) is 0 Å². The van der Waals surface area contributed by atoms with Gasteiger partial charge in [0.15, 0.2) is 5.82 Å². The Hall–Kier alpha value is -3.20. The highest BCUT2D eigenvalue weighted by Crippen LogP contribution is 2.28. The first kappa shape index (κ1) is 18.2. The van der Waals surface area contributed by atoms with Gasteiger partial charge in [-0.2, -0.15) is 0 Å². The predicted octanol–water partition coefficient (Wildman–Crippen LogP) is 6.34. The van der Waals surface area contributed by atoms with E-state index < -0.39 is 0 Å². The van der Waals surface area contributed by atoms with Crippen molar-refractivity contribution < 1.29 is 0 Å². The Morgan fingerprint density at radius 3 is 1.93 bits per heavy atom. The minimum atomic E-state index is 0.282. The quantitative estimate of drug-likeness (QED) is 0.421. The topological polar surface area (TPSA) is 30.7 Å². The molecule has 1 aromatic heterocycles. The van der Waals surface area contributed by atoms with Crippen LogP contribution in [0.4, 0.5) is 0 Å². The lowest BCUT2D eigenvalue weighted by atomic mass is 10.0. The number of aromatic nitrogens is 3. The van der Waals surface area contributed by atoms with E-state index in [0.717, 1.165) is 22.9 Å². The average molecular weight is 367 g/mol. The Labute approximate surface area is 166 Å². The largest absolute Gasteiger partial charge is 0.279 e. The Kier molecular flexibility index (Phi) is 4.82. The summed E-state index contributed by atoms with van der Waals surface area (Å²) in [6.07, 6.45) is 0. The molecule has 0 aliphatic heterocycles. The van der Waals surface area contributed by atoms with Crippen molar-refractivity contribution in [2.45, 2.75) is 33.6 Å². The first-order valence-electron chi connectivity index (χ1n) is 9.73. The van der Waals surface area contributed by atoms with Crippen LogP contribution in [-0.4, -0.2) is 14.8 Å². The zero-order chi connectivity index (χ0) is 19.7. The molecule has 140 valence electrons. The zero-order valence-electron chi connectivity index (χ0n) is 16.8. The van der Waals surface area contributed by atoms with Crippen LogP contribution in [0.2, 0.25) is 0 Å². The third-order valence-corrected chi connectivity index (χ3v) is 4.92. The molecule has 28 heavy (non-hydrogen) atoms. The van der Waals surface area contributed by atoms with E-state index in [1.165, 1.54) is 22.3 Å². The molecule has 0 saturated carbocycles.